The summed E-state index contributed by atoms with van der Waals surface area (Å²) in [5.74, 6) is 1.12. The Hall–Kier alpha value is -1.50. The quantitative estimate of drug-likeness (QED) is 0.703. The fourth-order valence-electron chi connectivity index (χ4n) is 2.71. The van der Waals surface area contributed by atoms with Crippen molar-refractivity contribution in [3.05, 3.63) is 39.6 Å². The van der Waals surface area contributed by atoms with E-state index < -0.39 is 0 Å². The first-order valence-electron chi connectivity index (χ1n) is 7.96. The average Bonchev–Trinajstić information content (AvgIpc) is 3.21. The Bertz CT molecular complexity index is 742. The molecule has 2 aliphatic rings. The predicted octanol–water partition coefficient (Wildman–Crippen LogP) is 3.52. The molecule has 1 aliphatic carbocycles. The summed E-state index contributed by atoms with van der Waals surface area (Å²) in [5, 5.41) is 3.31. The first-order valence-corrected chi connectivity index (χ1v) is 9.21. The van der Waals surface area contributed by atoms with Gasteiger partial charge in [0.05, 0.1) is 31.4 Å². The molecule has 3 heterocycles. The van der Waals surface area contributed by atoms with Gasteiger partial charge in [-0.3, -0.25) is 9.78 Å². The minimum atomic E-state index is -0.318. The van der Waals surface area contributed by atoms with E-state index in [4.69, 9.17) is 21.1 Å². The Morgan fingerprint density at radius 3 is 2.88 bits per heavy atom. The third-order valence-corrected chi connectivity index (χ3v) is 5.72. The number of ketones is 1. The van der Waals surface area contributed by atoms with Crippen molar-refractivity contribution in [3.8, 4) is 5.75 Å². The molecule has 0 atom stereocenters. The second-order valence-corrected chi connectivity index (χ2v) is 7.77. The van der Waals surface area contributed by atoms with Gasteiger partial charge in [-0.15, -0.1) is 11.3 Å². The monoisotopic (exact) mass is 364 g/mol. The molecule has 0 bridgehead atoms. The number of halogens is 1. The van der Waals surface area contributed by atoms with Crippen molar-refractivity contribution < 1.29 is 14.3 Å². The maximum Gasteiger partial charge on any atom is 0.182 e. The van der Waals surface area contributed by atoms with Crippen LogP contribution in [0.15, 0.2) is 23.8 Å². The van der Waals surface area contributed by atoms with Gasteiger partial charge in [0.1, 0.15) is 21.5 Å². The van der Waals surface area contributed by atoms with Crippen LogP contribution in [-0.4, -0.2) is 35.6 Å². The molecular weight excluding hydrogens is 348 g/mol. The summed E-state index contributed by atoms with van der Waals surface area (Å²) in [6.07, 6.45) is 5.98. The van der Waals surface area contributed by atoms with Crippen LogP contribution in [-0.2, 0) is 10.2 Å². The van der Waals surface area contributed by atoms with E-state index in [0.717, 1.165) is 5.01 Å². The molecule has 1 aliphatic heterocycles. The Labute approximate surface area is 149 Å². The highest BCUT2D eigenvalue weighted by Crippen LogP contribution is 2.38. The van der Waals surface area contributed by atoms with E-state index in [2.05, 4.69) is 9.97 Å². The number of hydrogen-bond acceptors (Lipinski definition) is 6. The topological polar surface area (TPSA) is 61.3 Å². The van der Waals surface area contributed by atoms with Crippen LogP contribution in [0.4, 0.5) is 0 Å². The molecule has 126 valence electrons. The van der Waals surface area contributed by atoms with E-state index in [0.29, 0.717) is 48.6 Å². The van der Waals surface area contributed by atoms with Crippen molar-refractivity contribution in [2.45, 2.75) is 24.7 Å². The first-order chi connectivity index (χ1) is 11.7. The lowest BCUT2D eigenvalue weighted by Crippen LogP contribution is -2.48. The molecule has 5 nitrogen and oxygen atoms in total. The smallest absolute Gasteiger partial charge is 0.182 e. The normalized spacial score (nSPS) is 18.9. The number of carbonyl (C=O) groups excluding carboxylic acids is 1. The molecule has 0 radical (unpaired) electrons. The van der Waals surface area contributed by atoms with Gasteiger partial charge in [0.25, 0.3) is 0 Å². The summed E-state index contributed by atoms with van der Waals surface area (Å²) in [6.45, 7) is 1.68. The first kappa shape index (κ1) is 16.0. The molecule has 0 N–H and O–H groups in total. The molecule has 0 spiro atoms. The summed E-state index contributed by atoms with van der Waals surface area (Å²) in [7, 11) is 0. The highest BCUT2D eigenvalue weighted by Gasteiger charge is 2.44. The van der Waals surface area contributed by atoms with E-state index >= 15 is 0 Å². The van der Waals surface area contributed by atoms with Crippen LogP contribution in [0.25, 0.3) is 0 Å². The zero-order chi connectivity index (χ0) is 16.6. The Morgan fingerprint density at radius 2 is 2.25 bits per heavy atom. The standard InChI is InChI=1S/C17H17ClN2O3S/c18-12-7-20-13(5-15(12)23-8-11-1-2-11)14(21)6-17(9-22-10-17)16-19-3-4-24-16/h3-5,7,11H,1-2,6,8-10H2. The summed E-state index contributed by atoms with van der Waals surface area (Å²) in [5.41, 5.74) is 0.0646. The number of pyridine rings is 1. The molecule has 0 unspecified atom stereocenters. The lowest BCUT2D eigenvalue weighted by atomic mass is 9.81. The van der Waals surface area contributed by atoms with Crippen LogP contribution in [0.2, 0.25) is 5.02 Å². The molecule has 0 amide bonds. The Kier molecular flexibility index (Phi) is 4.28. The van der Waals surface area contributed by atoms with Crippen LogP contribution < -0.4 is 4.74 Å². The van der Waals surface area contributed by atoms with Crippen molar-refractivity contribution in [2.75, 3.05) is 19.8 Å². The fraction of sp³-hybridized carbons (Fsp3) is 0.471. The van der Waals surface area contributed by atoms with Gasteiger partial charge in [-0.2, -0.15) is 0 Å². The molecule has 4 rings (SSSR count). The zero-order valence-electron chi connectivity index (χ0n) is 13.0. The Balaban J connectivity index is 1.50. The van der Waals surface area contributed by atoms with E-state index in [1.54, 1.807) is 23.6 Å². The Morgan fingerprint density at radius 1 is 1.42 bits per heavy atom. The van der Waals surface area contributed by atoms with Gasteiger partial charge < -0.3 is 9.47 Å². The predicted molar refractivity (Wildman–Crippen MR) is 91.0 cm³/mol. The molecule has 1 saturated carbocycles. The molecule has 24 heavy (non-hydrogen) atoms. The second-order valence-electron chi connectivity index (χ2n) is 6.46. The van der Waals surface area contributed by atoms with Crippen molar-refractivity contribution in [1.82, 2.24) is 9.97 Å². The van der Waals surface area contributed by atoms with Crippen LogP contribution >= 0.6 is 22.9 Å². The van der Waals surface area contributed by atoms with E-state index in [1.807, 2.05) is 5.38 Å². The second kappa shape index (κ2) is 6.43. The van der Waals surface area contributed by atoms with Gasteiger partial charge in [0, 0.05) is 24.1 Å². The number of nitrogens with zero attached hydrogens (tertiary/aromatic N) is 2. The van der Waals surface area contributed by atoms with Crippen LogP contribution in [0, 0.1) is 5.92 Å². The van der Waals surface area contributed by atoms with Crippen molar-refractivity contribution >= 4 is 28.7 Å². The third kappa shape index (κ3) is 3.18. The van der Waals surface area contributed by atoms with Gasteiger partial charge in [-0.05, 0) is 18.8 Å². The minimum Gasteiger partial charge on any atom is -0.492 e. The molecule has 2 aromatic heterocycles. The minimum absolute atomic E-state index is 0.0403. The van der Waals surface area contributed by atoms with Crippen molar-refractivity contribution in [2.24, 2.45) is 5.92 Å². The van der Waals surface area contributed by atoms with E-state index in [9.17, 15) is 4.79 Å². The van der Waals surface area contributed by atoms with E-state index in [-0.39, 0.29) is 11.2 Å². The average molecular weight is 365 g/mol. The maximum atomic E-state index is 12.7. The van der Waals surface area contributed by atoms with Crippen molar-refractivity contribution in [3.63, 3.8) is 0 Å². The largest absolute Gasteiger partial charge is 0.492 e. The SMILES string of the molecule is O=C(CC1(c2nccs2)COC1)c1cc(OCC2CC2)c(Cl)cn1. The van der Waals surface area contributed by atoms with Gasteiger partial charge in [-0.25, -0.2) is 4.98 Å². The number of Topliss-reactive ketones (excluding diaryl/α,β-unsaturated/α-hetero) is 1. The van der Waals surface area contributed by atoms with Gasteiger partial charge in [-0.1, -0.05) is 11.6 Å². The van der Waals surface area contributed by atoms with Crippen LogP contribution in [0.5, 0.6) is 5.75 Å². The zero-order valence-corrected chi connectivity index (χ0v) is 14.6. The number of rotatable bonds is 7. The summed E-state index contributed by atoms with van der Waals surface area (Å²) in [4.78, 5) is 21.3. The summed E-state index contributed by atoms with van der Waals surface area (Å²) in [6, 6.07) is 1.65. The van der Waals surface area contributed by atoms with Gasteiger partial charge >= 0.3 is 0 Å². The number of aromatic nitrogens is 2. The third-order valence-electron chi connectivity index (χ3n) is 4.42. The molecule has 0 aromatic carbocycles. The maximum absolute atomic E-state index is 12.7. The van der Waals surface area contributed by atoms with Crippen LogP contribution in [0.3, 0.4) is 0 Å². The van der Waals surface area contributed by atoms with E-state index in [1.165, 1.54) is 19.0 Å². The summed E-state index contributed by atoms with van der Waals surface area (Å²) < 4.78 is 11.1. The highest BCUT2D eigenvalue weighted by atomic mass is 35.5. The number of hydrogen-bond donors (Lipinski definition) is 0. The molecule has 2 fully saturated rings. The highest BCUT2D eigenvalue weighted by molar-refractivity contribution is 7.09. The molecule has 7 heteroatoms. The molecule has 2 aromatic rings. The fourth-order valence-corrected chi connectivity index (χ4v) is 3.68. The molecular formula is C17H17ClN2O3S. The number of ether oxygens (including phenoxy) is 2. The summed E-state index contributed by atoms with van der Waals surface area (Å²) >= 11 is 7.69. The van der Waals surface area contributed by atoms with Crippen molar-refractivity contribution in [1.29, 1.82) is 0 Å². The van der Waals surface area contributed by atoms with Gasteiger partial charge in [0.15, 0.2) is 5.78 Å². The lowest BCUT2D eigenvalue weighted by Gasteiger charge is -2.39. The van der Waals surface area contributed by atoms with Gasteiger partial charge in [0.2, 0.25) is 0 Å². The number of thiazole rings is 1. The molecule has 1 saturated heterocycles. The number of carbonyl (C=O) groups is 1. The lowest BCUT2D eigenvalue weighted by molar-refractivity contribution is -0.0602. The van der Waals surface area contributed by atoms with Crippen LogP contribution in [0.1, 0.15) is 34.8 Å².